The fraction of sp³-hybridized carbons (Fsp3) is 0.0256. The van der Waals surface area contributed by atoms with Crippen LogP contribution in [0.4, 0.5) is 43.9 Å². The van der Waals surface area contributed by atoms with Gasteiger partial charge in [0.15, 0.2) is 46.5 Å². The van der Waals surface area contributed by atoms with Crippen LogP contribution < -0.4 is 0 Å². The third-order valence-corrected chi connectivity index (χ3v) is 8.97. The van der Waals surface area contributed by atoms with E-state index in [0.717, 1.165) is 24.3 Å². The van der Waals surface area contributed by atoms with Crippen LogP contribution in [-0.2, 0) is 0 Å². The van der Waals surface area contributed by atoms with Crippen LogP contribution >= 0.6 is 0 Å². The lowest BCUT2D eigenvalue weighted by molar-refractivity contribution is 0.381. The fourth-order valence-electron chi connectivity index (χ4n) is 6.72. The Balaban J connectivity index is 1.51. The van der Waals surface area contributed by atoms with Crippen LogP contribution in [0.15, 0.2) is 64.7 Å². The van der Waals surface area contributed by atoms with Crippen LogP contribution in [0.2, 0.25) is 0 Å². The monoisotopic (exact) mass is 726 g/mol. The highest BCUT2D eigenvalue weighted by Crippen LogP contribution is 2.54. The van der Waals surface area contributed by atoms with E-state index in [2.05, 4.69) is 4.99 Å². The molecule has 0 amide bonds. The van der Waals surface area contributed by atoms with E-state index in [1.807, 2.05) is 6.07 Å². The van der Waals surface area contributed by atoms with Crippen molar-refractivity contribution in [2.45, 2.75) is 0 Å². The summed E-state index contributed by atoms with van der Waals surface area (Å²) in [5.74, 6) is -21.8. The maximum absolute atomic E-state index is 14.9. The van der Waals surface area contributed by atoms with Gasteiger partial charge in [-0.15, -0.1) is 0 Å². The first-order valence-corrected chi connectivity index (χ1v) is 14.9. The largest absolute Gasteiger partial charge is 0.295 e. The summed E-state index contributed by atoms with van der Waals surface area (Å²) in [6.45, 7) is 0. The molecule has 0 aromatic heterocycles. The minimum Gasteiger partial charge on any atom is -0.295 e. The Morgan fingerprint density at radius 3 is 1.19 bits per heavy atom. The number of hydrogen-bond donors (Lipinski definition) is 0. The first-order valence-electron chi connectivity index (χ1n) is 14.9. The average molecular weight is 727 g/mol. The Morgan fingerprint density at radius 2 is 0.811 bits per heavy atom. The normalized spacial score (nSPS) is 13.2. The molecule has 0 unspecified atom stereocenters. The van der Waals surface area contributed by atoms with Crippen molar-refractivity contribution in [3.63, 3.8) is 0 Å². The molecule has 0 bridgehead atoms. The number of rotatable bonds is 3. The second kappa shape index (κ2) is 12.4. The van der Waals surface area contributed by atoms with Crippen LogP contribution in [0.5, 0.6) is 0 Å². The number of hydrogen-bond acceptors (Lipinski definition) is 4. The minimum atomic E-state index is -2.36. The topological polar surface area (TPSA) is 83.7 Å². The third-order valence-electron chi connectivity index (χ3n) is 8.97. The Bertz CT molecular complexity index is 2700. The van der Waals surface area contributed by atoms with Crippen molar-refractivity contribution in [2.75, 3.05) is 7.05 Å². The van der Waals surface area contributed by atoms with E-state index in [9.17, 15) is 59.7 Å². The van der Waals surface area contributed by atoms with Gasteiger partial charge in [-0.1, -0.05) is 24.3 Å². The summed E-state index contributed by atoms with van der Waals surface area (Å²) in [6, 6.07) is 15.4. The molecule has 14 heteroatoms. The number of fused-ring (bicyclic) bond motifs is 6. The van der Waals surface area contributed by atoms with Crippen molar-refractivity contribution in [2.24, 2.45) is 4.99 Å². The molecule has 0 spiro atoms. The molecule has 2 aliphatic rings. The van der Waals surface area contributed by atoms with Gasteiger partial charge in [0.1, 0.15) is 23.8 Å². The molecule has 0 aliphatic heterocycles. The molecule has 0 saturated carbocycles. The molecule has 0 atom stereocenters. The van der Waals surface area contributed by atoms with Gasteiger partial charge in [0.05, 0.1) is 16.7 Å². The quantitative estimate of drug-likeness (QED) is 0.0598. The van der Waals surface area contributed by atoms with E-state index >= 15 is 0 Å². The SMILES string of the molecule is C/N=C\C(C#N)=C1\c2cc(-c3c(F)c(F)c(F)c(F)c3F)ccc2-c2cc3c(cc21)-c1ccc(-c2c(F)c(F)c(F)c(F)c2F)cc1C3=C(C#N)C#N. The fourth-order valence-corrected chi connectivity index (χ4v) is 6.72. The molecule has 2 aliphatic carbocycles. The number of nitrogens with zero attached hydrogens (tertiary/aromatic N) is 4. The number of aliphatic imine (C=N–C) groups is 1. The van der Waals surface area contributed by atoms with Crippen LogP contribution in [0.3, 0.4) is 0 Å². The first-order chi connectivity index (χ1) is 25.3. The van der Waals surface area contributed by atoms with Crippen LogP contribution in [0.1, 0.15) is 22.3 Å². The van der Waals surface area contributed by atoms with Crippen molar-refractivity contribution >= 4 is 17.4 Å². The van der Waals surface area contributed by atoms with Crippen LogP contribution in [0.25, 0.3) is 55.7 Å². The molecular weight excluding hydrogens is 714 g/mol. The predicted molar refractivity (Wildman–Crippen MR) is 171 cm³/mol. The van der Waals surface area contributed by atoms with E-state index in [1.54, 1.807) is 12.1 Å². The highest BCUT2D eigenvalue weighted by Gasteiger charge is 2.36. The van der Waals surface area contributed by atoms with E-state index in [4.69, 9.17) is 0 Å². The van der Waals surface area contributed by atoms with Gasteiger partial charge in [0.2, 0.25) is 11.6 Å². The Hall–Kier alpha value is -6.98. The lowest BCUT2D eigenvalue weighted by Gasteiger charge is -2.11. The molecular formula is C39H12F10N4. The molecule has 258 valence electrons. The van der Waals surface area contributed by atoms with Gasteiger partial charge in [-0.2, -0.15) is 15.8 Å². The van der Waals surface area contributed by atoms with Gasteiger partial charge in [-0.05, 0) is 79.9 Å². The smallest absolute Gasteiger partial charge is 0.200 e. The zero-order valence-corrected chi connectivity index (χ0v) is 26.3. The van der Waals surface area contributed by atoms with Crippen LogP contribution in [-0.4, -0.2) is 13.3 Å². The number of allylic oxidation sites excluding steroid dienone is 2. The summed E-state index contributed by atoms with van der Waals surface area (Å²) in [5.41, 5.74) is -2.14. The number of benzene rings is 5. The van der Waals surface area contributed by atoms with Crippen molar-refractivity contribution in [1.29, 1.82) is 15.8 Å². The van der Waals surface area contributed by atoms with Crippen molar-refractivity contribution in [3.8, 4) is 62.7 Å². The molecule has 5 aromatic carbocycles. The maximum atomic E-state index is 14.9. The van der Waals surface area contributed by atoms with Gasteiger partial charge in [0, 0.05) is 24.4 Å². The summed E-state index contributed by atoms with van der Waals surface area (Å²) in [7, 11) is 1.35. The van der Waals surface area contributed by atoms with E-state index in [1.165, 1.54) is 37.5 Å². The molecule has 0 fully saturated rings. The summed E-state index contributed by atoms with van der Waals surface area (Å²) in [4.78, 5) is 3.89. The summed E-state index contributed by atoms with van der Waals surface area (Å²) in [6.07, 6.45) is 1.17. The molecule has 5 aromatic rings. The Labute approximate surface area is 291 Å². The average Bonchev–Trinajstić information content (AvgIpc) is 3.64. The zero-order chi connectivity index (χ0) is 38.2. The van der Waals surface area contributed by atoms with Crippen molar-refractivity contribution in [1.82, 2.24) is 0 Å². The zero-order valence-electron chi connectivity index (χ0n) is 26.3. The molecule has 53 heavy (non-hydrogen) atoms. The first kappa shape index (κ1) is 34.5. The Morgan fingerprint density at radius 1 is 0.453 bits per heavy atom. The lowest BCUT2D eigenvalue weighted by atomic mass is 9.93. The second-order valence-corrected chi connectivity index (χ2v) is 11.6. The number of nitriles is 3. The van der Waals surface area contributed by atoms with Crippen molar-refractivity contribution in [3.05, 3.63) is 140 Å². The van der Waals surface area contributed by atoms with E-state index < -0.39 is 86.0 Å². The maximum Gasteiger partial charge on any atom is 0.200 e. The van der Waals surface area contributed by atoms with Gasteiger partial charge in [-0.3, -0.25) is 4.99 Å². The highest BCUT2D eigenvalue weighted by molar-refractivity contribution is 6.14. The Kier molecular flexibility index (Phi) is 8.04. The van der Waals surface area contributed by atoms with E-state index in [-0.39, 0.29) is 55.7 Å². The standard InChI is InChI=1S/C39H12F10N4/c1-53-13-17(12-52)27-23-7-15(29-32(42)36(46)39(49)37(47)33(29)43)3-5-19(23)21-8-24-20(9-25(21)27)18-4-2-14(6-22(18)26(24)16(10-50)11-51)28-30(40)34(44)38(48)35(45)31(28)41/h2-9,13H,1H3/b27-17-,53-13-. The highest BCUT2D eigenvalue weighted by atomic mass is 19.2. The lowest BCUT2D eigenvalue weighted by Crippen LogP contribution is -2.04. The molecule has 0 heterocycles. The van der Waals surface area contributed by atoms with Crippen molar-refractivity contribution < 1.29 is 43.9 Å². The van der Waals surface area contributed by atoms with Gasteiger partial charge in [0.25, 0.3) is 0 Å². The summed E-state index contributed by atoms with van der Waals surface area (Å²) in [5, 5.41) is 30.0. The third kappa shape index (κ3) is 4.78. The molecule has 7 rings (SSSR count). The molecule has 0 saturated heterocycles. The minimum absolute atomic E-state index is 0.0197. The van der Waals surface area contributed by atoms with E-state index in [0.29, 0.717) is 5.56 Å². The van der Waals surface area contributed by atoms with Crippen LogP contribution in [0, 0.1) is 92.2 Å². The molecule has 4 nitrogen and oxygen atoms in total. The summed E-state index contributed by atoms with van der Waals surface area (Å²) < 4.78 is 144. The number of halogens is 10. The predicted octanol–water partition coefficient (Wildman–Crippen LogP) is 10.2. The van der Waals surface area contributed by atoms with Gasteiger partial charge >= 0.3 is 0 Å². The molecule has 0 radical (unpaired) electrons. The second-order valence-electron chi connectivity index (χ2n) is 11.6. The summed E-state index contributed by atoms with van der Waals surface area (Å²) >= 11 is 0. The van der Waals surface area contributed by atoms with Gasteiger partial charge < -0.3 is 0 Å². The van der Waals surface area contributed by atoms with Gasteiger partial charge in [-0.25, -0.2) is 43.9 Å². The molecule has 0 N–H and O–H groups in total.